The van der Waals surface area contributed by atoms with Crippen LogP contribution in [0.3, 0.4) is 0 Å². The van der Waals surface area contributed by atoms with Gasteiger partial charge < -0.3 is 4.74 Å². The molecule has 0 atom stereocenters. The molecule has 0 aliphatic carbocycles. The number of benzene rings is 1. The van der Waals surface area contributed by atoms with Gasteiger partial charge >= 0.3 is 5.97 Å². The standard InChI is InChI=1S/C12H7FN2O2S/c13-9-3-1-8(2-4-9)11-15-10(7-18-11)12(16)17-6-5-14/h1-4,7H,6H2. The molecule has 1 heterocycles. The summed E-state index contributed by atoms with van der Waals surface area (Å²) in [6, 6.07) is 7.52. The van der Waals surface area contributed by atoms with Crippen molar-refractivity contribution in [3.05, 3.63) is 41.2 Å². The molecule has 90 valence electrons. The summed E-state index contributed by atoms with van der Waals surface area (Å²) in [5.74, 6) is -0.967. The van der Waals surface area contributed by atoms with Gasteiger partial charge in [-0.3, -0.25) is 0 Å². The van der Waals surface area contributed by atoms with Crippen molar-refractivity contribution in [2.45, 2.75) is 0 Å². The zero-order chi connectivity index (χ0) is 13.0. The van der Waals surface area contributed by atoms with Crippen molar-refractivity contribution >= 4 is 17.3 Å². The zero-order valence-electron chi connectivity index (χ0n) is 9.09. The second-order valence-electron chi connectivity index (χ2n) is 3.28. The number of hydrogen-bond acceptors (Lipinski definition) is 5. The Labute approximate surface area is 106 Å². The van der Waals surface area contributed by atoms with Crippen LogP contribution in [0, 0.1) is 17.1 Å². The molecule has 0 N–H and O–H groups in total. The fourth-order valence-electron chi connectivity index (χ4n) is 1.26. The maximum absolute atomic E-state index is 12.8. The Morgan fingerprint density at radius 2 is 2.17 bits per heavy atom. The van der Waals surface area contributed by atoms with Gasteiger partial charge in [-0.1, -0.05) is 0 Å². The van der Waals surface area contributed by atoms with Crippen molar-refractivity contribution in [3.63, 3.8) is 0 Å². The lowest BCUT2D eigenvalue weighted by molar-refractivity contribution is 0.0549. The Kier molecular flexibility index (Phi) is 3.65. The molecule has 18 heavy (non-hydrogen) atoms. The van der Waals surface area contributed by atoms with E-state index in [-0.39, 0.29) is 18.1 Å². The normalized spacial score (nSPS) is 9.78. The molecule has 0 aliphatic rings. The summed E-state index contributed by atoms with van der Waals surface area (Å²) in [5, 5.41) is 10.4. The molecule has 0 bridgehead atoms. The molecule has 0 radical (unpaired) electrons. The number of hydrogen-bond donors (Lipinski definition) is 0. The molecule has 0 saturated carbocycles. The van der Waals surface area contributed by atoms with E-state index in [9.17, 15) is 9.18 Å². The first kappa shape index (κ1) is 12.2. The highest BCUT2D eigenvalue weighted by Gasteiger charge is 2.12. The molecule has 0 amide bonds. The van der Waals surface area contributed by atoms with Crippen LogP contribution in [0.2, 0.25) is 0 Å². The number of thiazole rings is 1. The van der Waals surface area contributed by atoms with Crippen molar-refractivity contribution in [2.24, 2.45) is 0 Å². The van der Waals surface area contributed by atoms with Gasteiger partial charge in [-0.2, -0.15) is 5.26 Å². The summed E-state index contributed by atoms with van der Waals surface area (Å²) in [5.41, 5.74) is 0.871. The minimum Gasteiger partial charge on any atom is -0.446 e. The highest BCUT2D eigenvalue weighted by Crippen LogP contribution is 2.24. The van der Waals surface area contributed by atoms with Crippen LogP contribution in [-0.2, 0) is 4.74 Å². The first-order valence-electron chi connectivity index (χ1n) is 4.96. The highest BCUT2D eigenvalue weighted by molar-refractivity contribution is 7.13. The van der Waals surface area contributed by atoms with Gasteiger partial charge in [-0.25, -0.2) is 14.2 Å². The maximum Gasteiger partial charge on any atom is 0.358 e. The Balaban J connectivity index is 2.18. The van der Waals surface area contributed by atoms with Crippen LogP contribution in [0.4, 0.5) is 4.39 Å². The Hall–Kier alpha value is -2.26. The minimum atomic E-state index is -0.638. The molecule has 0 fully saturated rings. The number of ether oxygens (including phenoxy) is 1. The SMILES string of the molecule is N#CCOC(=O)c1csc(-c2ccc(F)cc2)n1. The predicted molar refractivity (Wildman–Crippen MR) is 63.4 cm³/mol. The third kappa shape index (κ3) is 2.70. The molecule has 0 aliphatic heterocycles. The van der Waals surface area contributed by atoms with Crippen molar-refractivity contribution < 1.29 is 13.9 Å². The van der Waals surface area contributed by atoms with Crippen molar-refractivity contribution in [3.8, 4) is 16.6 Å². The second kappa shape index (κ2) is 5.38. The van der Waals surface area contributed by atoms with E-state index in [0.717, 1.165) is 5.56 Å². The summed E-state index contributed by atoms with van der Waals surface area (Å²) >= 11 is 1.25. The minimum absolute atomic E-state index is 0.148. The van der Waals surface area contributed by atoms with E-state index in [1.165, 1.54) is 23.5 Å². The number of nitrogens with zero attached hydrogens (tertiary/aromatic N) is 2. The van der Waals surface area contributed by atoms with Crippen LogP contribution < -0.4 is 0 Å². The van der Waals surface area contributed by atoms with E-state index in [4.69, 9.17) is 5.26 Å². The van der Waals surface area contributed by atoms with Crippen LogP contribution in [0.1, 0.15) is 10.5 Å². The van der Waals surface area contributed by atoms with Crippen molar-refractivity contribution in [2.75, 3.05) is 6.61 Å². The van der Waals surface area contributed by atoms with Gasteiger partial charge in [0, 0.05) is 10.9 Å². The topological polar surface area (TPSA) is 63.0 Å². The van der Waals surface area contributed by atoms with E-state index in [1.807, 2.05) is 0 Å². The highest BCUT2D eigenvalue weighted by atomic mass is 32.1. The van der Waals surface area contributed by atoms with Gasteiger partial charge in [0.1, 0.15) is 16.9 Å². The van der Waals surface area contributed by atoms with Crippen LogP contribution >= 0.6 is 11.3 Å². The number of halogens is 1. The monoisotopic (exact) mass is 262 g/mol. The quantitative estimate of drug-likeness (QED) is 0.798. The number of aromatic nitrogens is 1. The number of esters is 1. The van der Waals surface area contributed by atoms with Gasteiger partial charge in [0.05, 0.1) is 0 Å². The maximum atomic E-state index is 12.8. The van der Waals surface area contributed by atoms with Crippen LogP contribution in [0.5, 0.6) is 0 Å². The summed E-state index contributed by atoms with van der Waals surface area (Å²) in [7, 11) is 0. The van der Waals surface area contributed by atoms with Gasteiger partial charge in [0.2, 0.25) is 0 Å². The van der Waals surface area contributed by atoms with Gasteiger partial charge in [0.15, 0.2) is 12.3 Å². The van der Waals surface area contributed by atoms with E-state index in [0.29, 0.717) is 5.01 Å². The molecule has 2 aromatic rings. The average Bonchev–Trinajstić information content (AvgIpc) is 2.86. The van der Waals surface area contributed by atoms with Crippen molar-refractivity contribution in [1.82, 2.24) is 4.98 Å². The van der Waals surface area contributed by atoms with Crippen LogP contribution in [0.15, 0.2) is 29.6 Å². The first-order chi connectivity index (χ1) is 8.70. The molecule has 6 heteroatoms. The number of carbonyl (C=O) groups excluding carboxylic acids is 1. The fourth-order valence-corrected chi connectivity index (χ4v) is 2.06. The third-order valence-electron chi connectivity index (χ3n) is 2.07. The van der Waals surface area contributed by atoms with E-state index in [1.54, 1.807) is 23.6 Å². The Morgan fingerprint density at radius 1 is 1.44 bits per heavy atom. The largest absolute Gasteiger partial charge is 0.446 e. The third-order valence-corrected chi connectivity index (χ3v) is 2.96. The molecular formula is C12H7FN2O2S. The number of rotatable bonds is 3. The molecule has 0 unspecified atom stereocenters. The summed E-state index contributed by atoms with van der Waals surface area (Å²) in [6.07, 6.45) is 0. The lowest BCUT2D eigenvalue weighted by atomic mass is 10.2. The lowest BCUT2D eigenvalue weighted by Crippen LogP contribution is -2.05. The lowest BCUT2D eigenvalue weighted by Gasteiger charge is -1.96. The van der Waals surface area contributed by atoms with Gasteiger partial charge in [-0.15, -0.1) is 11.3 Å². The fraction of sp³-hybridized carbons (Fsp3) is 0.0833. The smallest absolute Gasteiger partial charge is 0.358 e. The van der Waals surface area contributed by atoms with E-state index in [2.05, 4.69) is 9.72 Å². The van der Waals surface area contributed by atoms with E-state index < -0.39 is 5.97 Å². The number of nitriles is 1. The molecule has 0 spiro atoms. The average molecular weight is 262 g/mol. The van der Waals surface area contributed by atoms with Gasteiger partial charge in [0.25, 0.3) is 0 Å². The molecule has 1 aromatic heterocycles. The molecular weight excluding hydrogens is 255 g/mol. The van der Waals surface area contributed by atoms with E-state index >= 15 is 0 Å². The first-order valence-corrected chi connectivity index (χ1v) is 5.84. The van der Waals surface area contributed by atoms with Gasteiger partial charge in [-0.05, 0) is 24.3 Å². The second-order valence-corrected chi connectivity index (χ2v) is 4.14. The Bertz CT molecular complexity index is 601. The van der Waals surface area contributed by atoms with Crippen LogP contribution in [0.25, 0.3) is 10.6 Å². The summed E-state index contributed by atoms with van der Waals surface area (Å²) in [4.78, 5) is 15.5. The van der Waals surface area contributed by atoms with Crippen molar-refractivity contribution in [1.29, 1.82) is 5.26 Å². The van der Waals surface area contributed by atoms with Crippen LogP contribution in [-0.4, -0.2) is 17.6 Å². The molecule has 2 rings (SSSR count). The Morgan fingerprint density at radius 3 is 2.83 bits per heavy atom. The zero-order valence-corrected chi connectivity index (χ0v) is 9.91. The number of carbonyl (C=O) groups is 1. The molecule has 1 aromatic carbocycles. The molecule has 0 saturated heterocycles. The molecule has 4 nitrogen and oxygen atoms in total. The summed E-state index contributed by atoms with van der Waals surface area (Å²) < 4.78 is 17.4. The summed E-state index contributed by atoms with van der Waals surface area (Å²) in [6.45, 7) is -0.303. The predicted octanol–water partition coefficient (Wildman–Crippen LogP) is 2.63.